The lowest BCUT2D eigenvalue weighted by atomic mass is 10.1. The number of nitriles is 1. The molecule has 0 unspecified atom stereocenters. The van der Waals surface area contributed by atoms with E-state index in [2.05, 4.69) is 0 Å². The largest absolute Gasteiger partial charge is 0.492 e. The highest BCUT2D eigenvalue weighted by molar-refractivity contribution is 5.85. The van der Waals surface area contributed by atoms with Gasteiger partial charge in [0.15, 0.2) is 11.6 Å². The van der Waals surface area contributed by atoms with Gasteiger partial charge in [0.2, 0.25) is 0 Å². The number of methoxy groups -OCH3 is 1. The number of hydrogen-bond donors (Lipinski definition) is 1. The summed E-state index contributed by atoms with van der Waals surface area (Å²) in [5.41, 5.74) is 0.116. The number of hydrogen-bond acceptors (Lipinski definition) is 3. The van der Waals surface area contributed by atoms with E-state index in [0.717, 1.165) is 12.2 Å². The molecular weight excluding hydrogens is 213 g/mol. The second-order valence-electron chi connectivity index (χ2n) is 2.83. The summed E-state index contributed by atoms with van der Waals surface area (Å²) >= 11 is 0. The minimum atomic E-state index is -1.18. The van der Waals surface area contributed by atoms with Crippen molar-refractivity contribution in [3.05, 3.63) is 35.2 Å². The quantitative estimate of drug-likeness (QED) is 0.790. The van der Waals surface area contributed by atoms with Crippen LogP contribution in [0.1, 0.15) is 11.1 Å². The Kier molecular flexibility index (Phi) is 3.62. The Hall–Kier alpha value is -2.35. The molecule has 0 spiro atoms. The van der Waals surface area contributed by atoms with Crippen molar-refractivity contribution in [2.45, 2.75) is 0 Å². The Balaban J connectivity index is 3.25. The maximum Gasteiger partial charge on any atom is 0.328 e. The molecule has 16 heavy (non-hydrogen) atoms. The predicted octanol–water partition coefficient (Wildman–Crippen LogP) is 1.80. The predicted molar refractivity (Wildman–Crippen MR) is 54.3 cm³/mol. The van der Waals surface area contributed by atoms with Crippen molar-refractivity contribution in [2.24, 2.45) is 0 Å². The number of carboxylic acid groups (broad SMARTS) is 1. The zero-order chi connectivity index (χ0) is 12.1. The number of halogens is 1. The standard InChI is InChI=1S/C11H8FNO3/c1-16-11-8(6-13)3-2-7(10(11)12)4-5-9(14)15/h2-5H,1H3,(H,14,15)/b5-4+. The lowest BCUT2D eigenvalue weighted by Gasteiger charge is -2.05. The fourth-order valence-electron chi connectivity index (χ4n) is 1.15. The van der Waals surface area contributed by atoms with Crippen LogP contribution in [0.25, 0.3) is 6.08 Å². The van der Waals surface area contributed by atoms with Crippen LogP contribution in [0.4, 0.5) is 4.39 Å². The van der Waals surface area contributed by atoms with Gasteiger partial charge in [-0.15, -0.1) is 0 Å². The maximum absolute atomic E-state index is 13.7. The number of ether oxygens (including phenoxy) is 1. The number of carboxylic acids is 1. The average Bonchev–Trinajstić information content (AvgIpc) is 2.26. The van der Waals surface area contributed by atoms with Crippen LogP contribution >= 0.6 is 0 Å². The van der Waals surface area contributed by atoms with Crippen molar-refractivity contribution in [3.8, 4) is 11.8 Å². The molecule has 0 heterocycles. The highest BCUT2D eigenvalue weighted by atomic mass is 19.1. The van der Waals surface area contributed by atoms with E-state index in [0.29, 0.717) is 0 Å². The molecule has 0 fully saturated rings. The van der Waals surface area contributed by atoms with Gasteiger partial charge in [0, 0.05) is 11.6 Å². The highest BCUT2D eigenvalue weighted by Gasteiger charge is 2.12. The minimum Gasteiger partial charge on any atom is -0.492 e. The third-order valence-electron chi connectivity index (χ3n) is 1.86. The van der Waals surface area contributed by atoms with Crippen molar-refractivity contribution in [1.29, 1.82) is 5.26 Å². The van der Waals surface area contributed by atoms with E-state index < -0.39 is 11.8 Å². The summed E-state index contributed by atoms with van der Waals surface area (Å²) < 4.78 is 18.4. The van der Waals surface area contributed by atoms with E-state index in [1.807, 2.05) is 0 Å². The summed E-state index contributed by atoms with van der Waals surface area (Å²) in [5.74, 6) is -2.11. The van der Waals surface area contributed by atoms with E-state index in [4.69, 9.17) is 15.1 Å². The Morgan fingerprint density at radius 1 is 1.62 bits per heavy atom. The van der Waals surface area contributed by atoms with Gasteiger partial charge in [-0.1, -0.05) is 6.07 Å². The van der Waals surface area contributed by atoms with E-state index in [-0.39, 0.29) is 16.9 Å². The molecule has 1 aromatic carbocycles. The van der Waals surface area contributed by atoms with Crippen LogP contribution in [0.3, 0.4) is 0 Å². The third-order valence-corrected chi connectivity index (χ3v) is 1.86. The molecule has 0 radical (unpaired) electrons. The second-order valence-corrected chi connectivity index (χ2v) is 2.83. The number of carbonyl (C=O) groups is 1. The molecule has 0 amide bonds. The Morgan fingerprint density at radius 3 is 2.81 bits per heavy atom. The summed E-state index contributed by atoms with van der Waals surface area (Å²) in [7, 11) is 1.24. The average molecular weight is 221 g/mol. The highest BCUT2D eigenvalue weighted by Crippen LogP contribution is 2.25. The summed E-state index contributed by atoms with van der Waals surface area (Å²) in [6, 6.07) is 4.45. The molecule has 0 saturated heterocycles. The van der Waals surface area contributed by atoms with E-state index in [1.165, 1.54) is 19.2 Å². The van der Waals surface area contributed by atoms with Crippen LogP contribution < -0.4 is 4.74 Å². The van der Waals surface area contributed by atoms with Gasteiger partial charge in [-0.3, -0.25) is 0 Å². The second kappa shape index (κ2) is 4.94. The normalized spacial score (nSPS) is 10.1. The topological polar surface area (TPSA) is 70.3 Å². The summed E-state index contributed by atoms with van der Waals surface area (Å²) in [5, 5.41) is 17.1. The van der Waals surface area contributed by atoms with Gasteiger partial charge >= 0.3 is 5.97 Å². The van der Waals surface area contributed by atoms with Crippen LogP contribution in [0.15, 0.2) is 18.2 Å². The zero-order valence-corrected chi connectivity index (χ0v) is 8.40. The molecule has 1 aromatic rings. The summed E-state index contributed by atoms with van der Waals surface area (Å²) in [4.78, 5) is 10.3. The first-order valence-corrected chi connectivity index (χ1v) is 4.27. The van der Waals surface area contributed by atoms with E-state index >= 15 is 0 Å². The molecular formula is C11H8FNO3. The number of nitrogens with zero attached hydrogens (tertiary/aromatic N) is 1. The molecule has 0 aromatic heterocycles. The maximum atomic E-state index is 13.7. The van der Waals surface area contributed by atoms with Crippen LogP contribution in [0.2, 0.25) is 0 Å². The molecule has 0 atom stereocenters. The molecule has 0 aliphatic heterocycles. The van der Waals surface area contributed by atoms with Crippen molar-refractivity contribution < 1.29 is 19.0 Å². The molecule has 1 rings (SSSR count). The van der Waals surface area contributed by atoms with Gasteiger partial charge in [-0.05, 0) is 12.1 Å². The number of rotatable bonds is 3. The van der Waals surface area contributed by atoms with Crippen molar-refractivity contribution in [2.75, 3.05) is 7.11 Å². The monoisotopic (exact) mass is 221 g/mol. The third kappa shape index (κ3) is 2.36. The number of benzene rings is 1. The SMILES string of the molecule is COc1c(C#N)ccc(/C=C/C(=O)O)c1F. The lowest BCUT2D eigenvalue weighted by molar-refractivity contribution is -0.131. The first-order chi connectivity index (χ1) is 7.60. The Bertz CT molecular complexity index is 489. The molecule has 5 heteroatoms. The van der Waals surface area contributed by atoms with E-state index in [1.54, 1.807) is 6.07 Å². The van der Waals surface area contributed by atoms with Crippen molar-refractivity contribution >= 4 is 12.0 Å². The fraction of sp³-hybridized carbons (Fsp3) is 0.0909. The first kappa shape index (κ1) is 11.7. The first-order valence-electron chi connectivity index (χ1n) is 4.27. The van der Waals surface area contributed by atoms with Gasteiger partial charge in [0.25, 0.3) is 0 Å². The summed E-state index contributed by atoms with van der Waals surface area (Å²) in [6.07, 6.45) is 1.91. The Labute approximate surface area is 91.2 Å². The van der Waals surface area contributed by atoms with Crippen LogP contribution in [0.5, 0.6) is 5.75 Å². The van der Waals surface area contributed by atoms with Crippen molar-refractivity contribution in [1.82, 2.24) is 0 Å². The van der Waals surface area contributed by atoms with Crippen molar-refractivity contribution in [3.63, 3.8) is 0 Å². The zero-order valence-electron chi connectivity index (χ0n) is 8.40. The van der Waals surface area contributed by atoms with Gasteiger partial charge < -0.3 is 9.84 Å². The van der Waals surface area contributed by atoms with Crippen LogP contribution in [-0.4, -0.2) is 18.2 Å². The molecule has 82 valence electrons. The molecule has 0 saturated carbocycles. The van der Waals surface area contributed by atoms with Gasteiger partial charge in [0.05, 0.1) is 12.7 Å². The molecule has 4 nitrogen and oxygen atoms in total. The smallest absolute Gasteiger partial charge is 0.328 e. The minimum absolute atomic E-state index is 0.0539. The van der Waals surface area contributed by atoms with E-state index in [9.17, 15) is 9.18 Å². The van der Waals surface area contributed by atoms with Crippen LogP contribution in [-0.2, 0) is 4.79 Å². The summed E-state index contributed by atoms with van der Waals surface area (Å²) in [6.45, 7) is 0. The molecule has 1 N–H and O–H groups in total. The van der Waals surface area contributed by atoms with Gasteiger partial charge in [-0.2, -0.15) is 5.26 Å². The fourth-order valence-corrected chi connectivity index (χ4v) is 1.15. The number of aliphatic carboxylic acids is 1. The molecule has 0 bridgehead atoms. The lowest BCUT2D eigenvalue weighted by Crippen LogP contribution is -1.95. The van der Waals surface area contributed by atoms with Gasteiger partial charge in [-0.25, -0.2) is 9.18 Å². The Morgan fingerprint density at radius 2 is 2.31 bits per heavy atom. The molecule has 0 aliphatic carbocycles. The molecule has 0 aliphatic rings. The van der Waals surface area contributed by atoms with Gasteiger partial charge in [0.1, 0.15) is 6.07 Å². The van der Waals surface area contributed by atoms with Crippen LogP contribution in [0, 0.1) is 17.1 Å².